The molecule has 0 aromatic heterocycles. The summed E-state index contributed by atoms with van der Waals surface area (Å²) in [7, 11) is 1.69. The minimum atomic E-state index is -0.732. The third kappa shape index (κ3) is 3.12. The van der Waals surface area contributed by atoms with Crippen LogP contribution in [-0.4, -0.2) is 52.5 Å². The number of nitrogens with zero attached hydrogens (tertiary/aromatic N) is 2. The number of hydrogen-bond donors (Lipinski definition) is 1. The third-order valence-corrected chi connectivity index (χ3v) is 7.20. The van der Waals surface area contributed by atoms with Gasteiger partial charge in [0.2, 0.25) is 5.91 Å². The summed E-state index contributed by atoms with van der Waals surface area (Å²) >= 11 is 1.79. The number of hydrogen-bond acceptors (Lipinski definition) is 4. The number of likely N-dealkylation sites (N-methyl/N-ethyl adjacent to an activating group) is 1. The summed E-state index contributed by atoms with van der Waals surface area (Å²) in [5.74, 6) is 0.462. The van der Waals surface area contributed by atoms with E-state index in [4.69, 9.17) is 0 Å². The number of amides is 4. The van der Waals surface area contributed by atoms with Crippen LogP contribution in [-0.2, 0) is 9.59 Å². The Balaban J connectivity index is 1.46. The first-order chi connectivity index (χ1) is 13.0. The second kappa shape index (κ2) is 7.19. The lowest BCUT2D eigenvalue weighted by Gasteiger charge is -2.35. The number of benzene rings is 1. The fraction of sp³-hybridized carbons (Fsp3) is 0.550. The highest BCUT2D eigenvalue weighted by Gasteiger charge is 2.55. The second-order valence-corrected chi connectivity index (χ2v) is 8.76. The molecule has 1 N–H and O–H groups in total. The predicted molar refractivity (Wildman–Crippen MR) is 103 cm³/mol. The van der Waals surface area contributed by atoms with E-state index in [0.29, 0.717) is 12.8 Å². The number of imide groups is 1. The Morgan fingerprint density at radius 3 is 2.74 bits per heavy atom. The maximum absolute atomic E-state index is 13.0. The molecule has 144 valence electrons. The minimum absolute atomic E-state index is 0.0656. The van der Waals surface area contributed by atoms with Crippen molar-refractivity contribution >= 4 is 29.6 Å². The SMILES string of the molecule is CN1C(=O)N(CC(=O)N[C@H]2CCSc3ccccc32)C(=O)C12CCCCC2. The average Bonchev–Trinajstić information content (AvgIpc) is 2.85. The van der Waals surface area contributed by atoms with Gasteiger partial charge in [-0.25, -0.2) is 4.79 Å². The highest BCUT2D eigenvalue weighted by atomic mass is 32.2. The van der Waals surface area contributed by atoms with Crippen LogP contribution < -0.4 is 5.32 Å². The Kier molecular flexibility index (Phi) is 4.88. The molecule has 0 radical (unpaired) electrons. The molecule has 4 amide bonds. The highest BCUT2D eigenvalue weighted by Crippen LogP contribution is 2.39. The summed E-state index contributed by atoms with van der Waals surface area (Å²) in [6, 6.07) is 7.65. The van der Waals surface area contributed by atoms with Crippen molar-refractivity contribution in [3.8, 4) is 0 Å². The molecule has 2 aliphatic heterocycles. The monoisotopic (exact) mass is 387 g/mol. The second-order valence-electron chi connectivity index (χ2n) is 7.62. The Hall–Kier alpha value is -2.02. The predicted octanol–water partition coefficient (Wildman–Crippen LogP) is 2.94. The van der Waals surface area contributed by atoms with E-state index in [1.54, 1.807) is 23.7 Å². The van der Waals surface area contributed by atoms with E-state index in [-0.39, 0.29) is 30.4 Å². The van der Waals surface area contributed by atoms with Crippen molar-refractivity contribution < 1.29 is 14.4 Å². The van der Waals surface area contributed by atoms with E-state index in [9.17, 15) is 14.4 Å². The van der Waals surface area contributed by atoms with E-state index >= 15 is 0 Å². The first-order valence-electron chi connectivity index (χ1n) is 9.64. The van der Waals surface area contributed by atoms with Crippen molar-refractivity contribution in [2.24, 2.45) is 0 Å². The van der Waals surface area contributed by atoms with E-state index in [2.05, 4.69) is 11.4 Å². The van der Waals surface area contributed by atoms with Crippen molar-refractivity contribution in [3.05, 3.63) is 29.8 Å². The van der Waals surface area contributed by atoms with Crippen LogP contribution in [0.3, 0.4) is 0 Å². The lowest BCUT2D eigenvalue weighted by molar-refractivity contribution is -0.137. The summed E-state index contributed by atoms with van der Waals surface area (Å²) < 4.78 is 0. The molecule has 1 saturated heterocycles. The molecule has 0 bridgehead atoms. The maximum Gasteiger partial charge on any atom is 0.327 e. The maximum atomic E-state index is 13.0. The molecule has 7 heteroatoms. The fourth-order valence-corrected chi connectivity index (χ4v) is 5.67. The number of carbonyl (C=O) groups is 3. The lowest BCUT2D eigenvalue weighted by Crippen LogP contribution is -2.49. The number of fused-ring (bicyclic) bond motifs is 1. The number of carbonyl (C=O) groups excluding carboxylic acids is 3. The summed E-state index contributed by atoms with van der Waals surface area (Å²) in [6.45, 7) is -0.199. The molecule has 27 heavy (non-hydrogen) atoms. The van der Waals surface area contributed by atoms with Gasteiger partial charge in [0.15, 0.2) is 0 Å². The Morgan fingerprint density at radius 1 is 1.22 bits per heavy atom. The first kappa shape index (κ1) is 18.3. The molecular formula is C20H25N3O3S. The number of urea groups is 1. The molecule has 1 aromatic rings. The van der Waals surface area contributed by atoms with Gasteiger partial charge in [-0.2, -0.15) is 0 Å². The highest BCUT2D eigenvalue weighted by molar-refractivity contribution is 7.99. The van der Waals surface area contributed by atoms with Crippen LogP contribution in [0.5, 0.6) is 0 Å². The van der Waals surface area contributed by atoms with Gasteiger partial charge >= 0.3 is 6.03 Å². The van der Waals surface area contributed by atoms with Gasteiger partial charge in [0.1, 0.15) is 12.1 Å². The summed E-state index contributed by atoms with van der Waals surface area (Å²) in [4.78, 5) is 42.2. The summed E-state index contributed by atoms with van der Waals surface area (Å²) in [5.41, 5.74) is 0.381. The van der Waals surface area contributed by atoms with Crippen LogP contribution in [0.4, 0.5) is 4.79 Å². The van der Waals surface area contributed by atoms with Gasteiger partial charge in [-0.05, 0) is 30.9 Å². The van der Waals surface area contributed by atoms with Gasteiger partial charge in [-0.15, -0.1) is 11.8 Å². The van der Waals surface area contributed by atoms with Crippen LogP contribution in [0, 0.1) is 0 Å². The molecule has 6 nitrogen and oxygen atoms in total. The molecule has 1 saturated carbocycles. The third-order valence-electron chi connectivity index (χ3n) is 6.08. The van der Waals surface area contributed by atoms with Gasteiger partial charge in [0, 0.05) is 17.7 Å². The minimum Gasteiger partial charge on any atom is -0.348 e. The van der Waals surface area contributed by atoms with Gasteiger partial charge < -0.3 is 10.2 Å². The van der Waals surface area contributed by atoms with E-state index < -0.39 is 5.54 Å². The molecular weight excluding hydrogens is 362 g/mol. The van der Waals surface area contributed by atoms with Gasteiger partial charge in [0.05, 0.1) is 6.04 Å². The van der Waals surface area contributed by atoms with Crippen molar-refractivity contribution in [1.82, 2.24) is 15.1 Å². The quantitative estimate of drug-likeness (QED) is 0.810. The molecule has 1 aromatic carbocycles. The smallest absolute Gasteiger partial charge is 0.327 e. The van der Waals surface area contributed by atoms with Crippen LogP contribution in [0.2, 0.25) is 0 Å². The van der Waals surface area contributed by atoms with Crippen molar-refractivity contribution in [3.63, 3.8) is 0 Å². The average molecular weight is 388 g/mol. The first-order valence-corrected chi connectivity index (χ1v) is 10.6. The Morgan fingerprint density at radius 2 is 1.96 bits per heavy atom. The van der Waals surface area contributed by atoms with Crippen LogP contribution in [0.15, 0.2) is 29.2 Å². The molecule has 3 aliphatic rings. The van der Waals surface area contributed by atoms with Gasteiger partial charge in [-0.3, -0.25) is 14.5 Å². The zero-order valence-corrected chi connectivity index (χ0v) is 16.4. The van der Waals surface area contributed by atoms with Crippen LogP contribution in [0.25, 0.3) is 0 Å². The van der Waals surface area contributed by atoms with Crippen LogP contribution >= 0.6 is 11.8 Å². The molecule has 1 aliphatic carbocycles. The Bertz CT molecular complexity index is 775. The molecule has 4 rings (SSSR count). The fourth-order valence-electron chi connectivity index (χ4n) is 4.55. The van der Waals surface area contributed by atoms with Gasteiger partial charge in [0.25, 0.3) is 5.91 Å². The zero-order valence-electron chi connectivity index (χ0n) is 15.6. The Labute approximate surface area is 163 Å². The molecule has 2 heterocycles. The largest absolute Gasteiger partial charge is 0.348 e. The zero-order chi connectivity index (χ0) is 19.0. The normalized spacial score (nSPS) is 24.3. The number of nitrogens with one attached hydrogen (secondary N) is 1. The lowest BCUT2D eigenvalue weighted by atomic mass is 9.81. The summed E-state index contributed by atoms with van der Waals surface area (Å²) in [6.07, 6.45) is 5.22. The van der Waals surface area contributed by atoms with E-state index in [0.717, 1.165) is 41.9 Å². The van der Waals surface area contributed by atoms with Crippen molar-refractivity contribution in [1.29, 1.82) is 0 Å². The van der Waals surface area contributed by atoms with Crippen LogP contribution in [0.1, 0.15) is 50.1 Å². The van der Waals surface area contributed by atoms with E-state index in [1.165, 1.54) is 4.90 Å². The molecule has 1 spiro atoms. The summed E-state index contributed by atoms with van der Waals surface area (Å²) in [5, 5.41) is 3.03. The van der Waals surface area contributed by atoms with Crippen molar-refractivity contribution in [2.75, 3.05) is 19.3 Å². The number of thioether (sulfide) groups is 1. The standard InChI is InChI=1S/C20H25N3O3S/c1-22-19(26)23(18(25)20(22)10-5-2-6-11-20)13-17(24)21-15-9-12-27-16-8-4-3-7-14(15)16/h3-4,7-8,15H,2,5-6,9-13H2,1H3,(H,21,24)/t15-/m0/s1. The van der Waals surface area contributed by atoms with Gasteiger partial charge in [-0.1, -0.05) is 37.5 Å². The molecule has 2 fully saturated rings. The van der Waals surface area contributed by atoms with Crippen molar-refractivity contribution in [2.45, 2.75) is 55.0 Å². The van der Waals surface area contributed by atoms with E-state index in [1.807, 2.05) is 18.2 Å². The molecule has 1 atom stereocenters. The molecule has 0 unspecified atom stereocenters. The topological polar surface area (TPSA) is 69.7 Å². The number of rotatable bonds is 3.